The fourth-order valence-electron chi connectivity index (χ4n) is 3.32. The molecule has 136 valence electrons. The van der Waals surface area contributed by atoms with Crippen molar-refractivity contribution in [3.63, 3.8) is 0 Å². The zero-order valence-electron chi connectivity index (χ0n) is 14.9. The number of aromatic nitrogens is 2. The van der Waals surface area contributed by atoms with Gasteiger partial charge >= 0.3 is 0 Å². The molecule has 0 aliphatic heterocycles. The van der Waals surface area contributed by atoms with Crippen molar-refractivity contribution in [1.82, 2.24) is 9.97 Å². The summed E-state index contributed by atoms with van der Waals surface area (Å²) in [6, 6.07) is 15.8. The maximum atomic E-state index is 11.9. The first-order chi connectivity index (χ1) is 13.2. The van der Waals surface area contributed by atoms with Gasteiger partial charge in [-0.2, -0.15) is 0 Å². The number of hydrogen-bond donors (Lipinski definition) is 2. The molecule has 0 aliphatic carbocycles. The number of rotatable bonds is 6. The van der Waals surface area contributed by atoms with E-state index in [0.29, 0.717) is 12.2 Å². The van der Waals surface area contributed by atoms with Crippen LogP contribution >= 0.6 is 0 Å². The third kappa shape index (κ3) is 3.11. The minimum absolute atomic E-state index is 0.211. The summed E-state index contributed by atoms with van der Waals surface area (Å²) in [6.45, 7) is 0.669. The zero-order valence-corrected chi connectivity index (χ0v) is 14.9. The quantitative estimate of drug-likeness (QED) is 0.550. The van der Waals surface area contributed by atoms with Crippen LogP contribution < -0.4 is 10.5 Å². The smallest absolute Gasteiger partial charge is 0.267 e. The van der Waals surface area contributed by atoms with E-state index in [1.807, 2.05) is 48.5 Å². The normalized spacial score (nSPS) is 11.1. The number of amides is 1. The largest absolute Gasteiger partial charge is 0.488 e. The van der Waals surface area contributed by atoms with Crippen molar-refractivity contribution in [2.45, 2.75) is 13.2 Å². The van der Waals surface area contributed by atoms with Crippen molar-refractivity contribution in [2.24, 2.45) is 5.73 Å². The summed E-state index contributed by atoms with van der Waals surface area (Å²) in [5.41, 5.74) is 9.17. The number of fused-ring (bicyclic) bond motifs is 3. The number of H-pyrrole nitrogens is 1. The molecule has 0 fully saturated rings. The maximum Gasteiger partial charge on any atom is 0.267 e. The number of ether oxygens (including phenoxy) is 2. The summed E-state index contributed by atoms with van der Waals surface area (Å²) < 4.78 is 11.4. The highest BCUT2D eigenvalue weighted by atomic mass is 16.5. The number of hydrogen-bond acceptors (Lipinski definition) is 4. The molecule has 0 bridgehead atoms. The monoisotopic (exact) mass is 361 g/mol. The molecule has 6 nitrogen and oxygen atoms in total. The third-order valence-corrected chi connectivity index (χ3v) is 4.48. The fourth-order valence-corrected chi connectivity index (χ4v) is 3.32. The lowest BCUT2D eigenvalue weighted by Gasteiger charge is -2.10. The third-order valence-electron chi connectivity index (χ3n) is 4.48. The second-order valence-electron chi connectivity index (χ2n) is 6.25. The van der Waals surface area contributed by atoms with Crippen LogP contribution in [-0.4, -0.2) is 23.0 Å². The van der Waals surface area contributed by atoms with Crippen molar-refractivity contribution in [1.29, 1.82) is 0 Å². The Morgan fingerprint density at radius 3 is 2.59 bits per heavy atom. The molecule has 0 aliphatic rings. The van der Waals surface area contributed by atoms with Crippen LogP contribution in [0.1, 0.15) is 21.6 Å². The number of nitrogens with two attached hydrogens (primary N) is 1. The van der Waals surface area contributed by atoms with Gasteiger partial charge in [-0.05, 0) is 17.7 Å². The number of methoxy groups -OCH3 is 1. The highest BCUT2D eigenvalue weighted by molar-refractivity contribution is 6.13. The van der Waals surface area contributed by atoms with Crippen LogP contribution in [0.15, 0.2) is 54.7 Å². The van der Waals surface area contributed by atoms with Crippen LogP contribution in [0.2, 0.25) is 0 Å². The van der Waals surface area contributed by atoms with Gasteiger partial charge in [0.2, 0.25) is 0 Å². The summed E-state index contributed by atoms with van der Waals surface area (Å²) >= 11 is 0. The van der Waals surface area contributed by atoms with E-state index < -0.39 is 5.91 Å². The summed E-state index contributed by atoms with van der Waals surface area (Å²) in [6.07, 6.45) is 1.62. The number of primary amides is 1. The van der Waals surface area contributed by atoms with Gasteiger partial charge in [0.05, 0.1) is 23.8 Å². The molecule has 0 spiro atoms. The van der Waals surface area contributed by atoms with E-state index in [-0.39, 0.29) is 12.3 Å². The molecule has 6 heteroatoms. The Bertz CT molecular complexity index is 1120. The average molecular weight is 361 g/mol. The van der Waals surface area contributed by atoms with E-state index in [1.54, 1.807) is 13.3 Å². The number of benzene rings is 2. The topological polar surface area (TPSA) is 90.2 Å². The summed E-state index contributed by atoms with van der Waals surface area (Å²) in [5, 5.41) is 1.74. The lowest BCUT2D eigenvalue weighted by Crippen LogP contribution is -2.16. The molecule has 0 radical (unpaired) electrons. The Hall–Kier alpha value is -3.38. The second-order valence-corrected chi connectivity index (χ2v) is 6.25. The summed E-state index contributed by atoms with van der Waals surface area (Å²) in [4.78, 5) is 19.4. The van der Waals surface area contributed by atoms with E-state index in [2.05, 4.69) is 9.97 Å². The summed E-state index contributed by atoms with van der Waals surface area (Å²) in [7, 11) is 1.57. The van der Waals surface area contributed by atoms with Crippen LogP contribution in [0.4, 0.5) is 0 Å². The molecule has 27 heavy (non-hydrogen) atoms. The molecule has 0 saturated heterocycles. The van der Waals surface area contributed by atoms with E-state index in [9.17, 15) is 4.79 Å². The molecule has 1 amide bonds. The number of nitrogens with zero attached hydrogens (tertiary/aromatic N) is 1. The highest BCUT2D eigenvalue weighted by Crippen LogP contribution is 2.36. The first kappa shape index (κ1) is 17.1. The van der Waals surface area contributed by atoms with Gasteiger partial charge in [-0.3, -0.25) is 4.79 Å². The van der Waals surface area contributed by atoms with E-state index in [4.69, 9.17) is 15.2 Å². The van der Waals surface area contributed by atoms with Crippen molar-refractivity contribution in [3.8, 4) is 5.75 Å². The van der Waals surface area contributed by atoms with Crippen molar-refractivity contribution < 1.29 is 14.3 Å². The molecule has 2 heterocycles. The lowest BCUT2D eigenvalue weighted by atomic mass is 10.0. The van der Waals surface area contributed by atoms with Gasteiger partial charge in [-0.25, -0.2) is 4.98 Å². The lowest BCUT2D eigenvalue weighted by molar-refractivity contribution is 0.0990. The van der Waals surface area contributed by atoms with Gasteiger partial charge in [0, 0.05) is 23.4 Å². The number of pyridine rings is 1. The zero-order chi connectivity index (χ0) is 18.8. The minimum Gasteiger partial charge on any atom is -0.488 e. The Labute approximate surface area is 155 Å². The van der Waals surface area contributed by atoms with Gasteiger partial charge in [0.15, 0.2) is 0 Å². The first-order valence-corrected chi connectivity index (χ1v) is 8.56. The fraction of sp³-hybridized carbons (Fsp3) is 0.143. The van der Waals surface area contributed by atoms with Gasteiger partial charge in [0.25, 0.3) is 5.91 Å². The molecule has 0 saturated carbocycles. The molecular formula is C21H19N3O3. The summed E-state index contributed by atoms with van der Waals surface area (Å²) in [5.74, 6) is 0.141. The van der Waals surface area contributed by atoms with Gasteiger partial charge in [-0.1, -0.05) is 36.4 Å². The molecule has 0 unspecified atom stereocenters. The first-order valence-electron chi connectivity index (χ1n) is 8.56. The van der Waals surface area contributed by atoms with E-state index in [0.717, 1.165) is 33.1 Å². The van der Waals surface area contributed by atoms with Gasteiger partial charge in [-0.15, -0.1) is 0 Å². The molecular weight excluding hydrogens is 342 g/mol. The van der Waals surface area contributed by atoms with Crippen LogP contribution in [0.25, 0.3) is 21.8 Å². The Balaban J connectivity index is 1.89. The van der Waals surface area contributed by atoms with Crippen LogP contribution in [0.5, 0.6) is 5.75 Å². The van der Waals surface area contributed by atoms with Crippen molar-refractivity contribution >= 4 is 27.7 Å². The van der Waals surface area contributed by atoms with Gasteiger partial charge < -0.3 is 20.2 Å². The minimum atomic E-state index is -0.582. The number of nitrogens with one attached hydrogen (secondary N) is 1. The SMILES string of the molecule is COCc1c(C(N)=O)ncc2[nH]c3cccc(OCc4ccccc4)c3c12. The van der Waals surface area contributed by atoms with Gasteiger partial charge in [0.1, 0.15) is 18.1 Å². The predicted octanol–water partition coefficient (Wildman–Crippen LogP) is 3.54. The van der Waals surface area contributed by atoms with Crippen LogP contribution in [0.3, 0.4) is 0 Å². The standard InChI is InChI=1S/C21H19N3O3/c1-26-12-14-18-16(10-23-20(14)21(22)25)24-15-8-5-9-17(19(15)18)27-11-13-6-3-2-4-7-13/h2-10,24H,11-12H2,1H3,(H2,22,25). The highest BCUT2D eigenvalue weighted by Gasteiger charge is 2.19. The molecule has 2 aromatic carbocycles. The molecule has 4 rings (SSSR count). The number of aromatic amines is 1. The van der Waals surface area contributed by atoms with Crippen molar-refractivity contribution in [3.05, 3.63) is 71.5 Å². The Morgan fingerprint density at radius 2 is 1.85 bits per heavy atom. The molecule has 4 aromatic rings. The van der Waals surface area contributed by atoms with E-state index >= 15 is 0 Å². The maximum absolute atomic E-state index is 11.9. The number of carbonyl (C=O) groups excluding carboxylic acids is 1. The average Bonchev–Trinajstić information content (AvgIpc) is 3.07. The molecule has 2 aromatic heterocycles. The van der Waals surface area contributed by atoms with Crippen molar-refractivity contribution in [2.75, 3.05) is 7.11 Å². The molecule has 0 atom stereocenters. The predicted molar refractivity (Wildman–Crippen MR) is 104 cm³/mol. The van der Waals surface area contributed by atoms with E-state index in [1.165, 1.54) is 0 Å². The van der Waals surface area contributed by atoms with Crippen LogP contribution in [-0.2, 0) is 18.0 Å². The Kier molecular flexibility index (Phi) is 4.48. The molecule has 3 N–H and O–H groups in total. The number of carbonyl (C=O) groups is 1. The van der Waals surface area contributed by atoms with Crippen LogP contribution in [0, 0.1) is 0 Å². The second kappa shape index (κ2) is 7.09. The Morgan fingerprint density at radius 1 is 1.04 bits per heavy atom.